The Morgan fingerprint density at radius 3 is 2.06 bits per heavy atom. The molecule has 2 aromatic carbocycles. The van der Waals surface area contributed by atoms with Gasteiger partial charge in [-0.2, -0.15) is 8.97 Å². The van der Waals surface area contributed by atoms with Crippen molar-refractivity contribution in [3.05, 3.63) is 64.4 Å². The largest absolute Gasteiger partial charge is 0.300 e. The van der Waals surface area contributed by atoms with Crippen LogP contribution in [0.25, 0.3) is 33.7 Å². The number of fused-ring (bicyclic) bond motifs is 3. The van der Waals surface area contributed by atoms with Crippen LogP contribution in [0.2, 0.25) is 0 Å². The minimum atomic E-state index is 0.0112. The van der Waals surface area contributed by atoms with Gasteiger partial charge in [-0.1, -0.05) is 67.5 Å². The van der Waals surface area contributed by atoms with Crippen LogP contribution in [0, 0.1) is 13.8 Å². The molecule has 0 bridgehead atoms. The Bertz CT molecular complexity index is 1490. The first-order valence-electron chi connectivity index (χ1n) is 13.0. The first-order valence-corrected chi connectivity index (χ1v) is 13.0. The molecule has 0 unspecified atom stereocenters. The minimum Gasteiger partial charge on any atom is -0.195 e. The molecule has 5 rings (SSSR count). The number of hydrogen-bond donors (Lipinski definition) is 0. The summed E-state index contributed by atoms with van der Waals surface area (Å²) in [4.78, 5) is 0. The molecule has 2 aromatic heterocycles. The van der Waals surface area contributed by atoms with Gasteiger partial charge in [0, 0.05) is 10.8 Å². The summed E-state index contributed by atoms with van der Waals surface area (Å²) >= 11 is 0. The van der Waals surface area contributed by atoms with Crippen molar-refractivity contribution in [2.45, 2.75) is 98.3 Å². The van der Waals surface area contributed by atoms with Gasteiger partial charge in [0.15, 0.2) is 11.0 Å². The minimum absolute atomic E-state index is 0.0112. The number of aromatic nitrogens is 2. The van der Waals surface area contributed by atoms with Crippen LogP contribution in [-0.2, 0) is 16.2 Å². The Balaban J connectivity index is 2.15. The fourth-order valence-electron chi connectivity index (χ4n) is 5.91. The lowest BCUT2D eigenvalue weighted by atomic mass is 9.72. The van der Waals surface area contributed by atoms with E-state index < -0.39 is 0 Å². The van der Waals surface area contributed by atoms with Gasteiger partial charge >= 0.3 is 0 Å². The second kappa shape index (κ2) is 7.20. The molecule has 0 amide bonds. The van der Waals surface area contributed by atoms with Crippen LogP contribution >= 0.6 is 0 Å². The van der Waals surface area contributed by atoms with Crippen LogP contribution in [0.1, 0.15) is 96.2 Å². The van der Waals surface area contributed by atoms with Crippen molar-refractivity contribution in [1.29, 1.82) is 0 Å². The summed E-state index contributed by atoms with van der Waals surface area (Å²) in [5.41, 5.74) is 11.0. The Labute approximate surface area is 205 Å². The van der Waals surface area contributed by atoms with Crippen molar-refractivity contribution in [3.8, 4) is 0 Å². The average Bonchev–Trinajstić information content (AvgIpc) is 2.97. The molecule has 1 aliphatic heterocycles. The topological polar surface area (TPSA) is 8.29 Å². The van der Waals surface area contributed by atoms with Crippen molar-refractivity contribution in [3.63, 3.8) is 0 Å². The van der Waals surface area contributed by atoms with E-state index in [0.29, 0.717) is 0 Å². The van der Waals surface area contributed by atoms with Crippen LogP contribution in [-0.4, -0.2) is 4.40 Å². The normalized spacial score (nSPS) is 15.7. The zero-order chi connectivity index (χ0) is 24.8. The molecule has 0 fully saturated rings. The third-order valence-electron chi connectivity index (χ3n) is 8.43. The highest BCUT2D eigenvalue weighted by atomic mass is 15.1. The van der Waals surface area contributed by atoms with E-state index in [9.17, 15) is 0 Å². The van der Waals surface area contributed by atoms with Crippen LogP contribution in [0.4, 0.5) is 0 Å². The molecular weight excluding hydrogens is 412 g/mol. The Morgan fingerprint density at radius 1 is 0.824 bits per heavy atom. The van der Waals surface area contributed by atoms with E-state index >= 15 is 0 Å². The zero-order valence-electron chi connectivity index (χ0n) is 22.9. The summed E-state index contributed by atoms with van der Waals surface area (Å²) in [5, 5.41) is 2.79. The van der Waals surface area contributed by atoms with Crippen LogP contribution in [0.3, 0.4) is 0 Å². The van der Waals surface area contributed by atoms with Gasteiger partial charge in [-0.25, -0.2) is 0 Å². The van der Waals surface area contributed by atoms with E-state index in [-0.39, 0.29) is 16.2 Å². The van der Waals surface area contributed by atoms with Gasteiger partial charge in [0.2, 0.25) is 0 Å². The number of imidazole rings is 1. The van der Waals surface area contributed by atoms with E-state index in [1.54, 1.807) is 0 Å². The number of pyridine rings is 1. The lowest BCUT2D eigenvalue weighted by molar-refractivity contribution is -0.508. The molecular formula is C32H41N2+. The Hall–Kier alpha value is -2.61. The van der Waals surface area contributed by atoms with E-state index in [4.69, 9.17) is 0 Å². The second-order valence-corrected chi connectivity index (χ2v) is 12.7. The molecule has 0 spiro atoms. The van der Waals surface area contributed by atoms with E-state index in [1.165, 1.54) is 55.4 Å². The Kier molecular flexibility index (Phi) is 4.90. The zero-order valence-corrected chi connectivity index (χ0v) is 22.9. The molecule has 0 aliphatic carbocycles. The molecule has 1 aliphatic rings. The fraction of sp³-hybridized carbons (Fsp3) is 0.469. The molecule has 3 heterocycles. The van der Waals surface area contributed by atoms with E-state index in [0.717, 1.165) is 12.8 Å². The van der Waals surface area contributed by atoms with Crippen molar-refractivity contribution in [1.82, 2.24) is 4.40 Å². The summed E-state index contributed by atoms with van der Waals surface area (Å²) in [6, 6.07) is 12.3. The summed E-state index contributed by atoms with van der Waals surface area (Å²) in [5.74, 6) is 0. The van der Waals surface area contributed by atoms with Gasteiger partial charge in [-0.3, -0.25) is 0 Å². The lowest BCUT2D eigenvalue weighted by Gasteiger charge is -2.31. The highest BCUT2D eigenvalue weighted by Gasteiger charge is 2.38. The summed E-state index contributed by atoms with van der Waals surface area (Å²) in [6.45, 7) is 23.2. The predicted octanol–water partition coefficient (Wildman–Crippen LogP) is 8.29. The maximum Gasteiger partial charge on any atom is 0.300 e. The first-order chi connectivity index (χ1) is 15.8. The van der Waals surface area contributed by atoms with Crippen molar-refractivity contribution >= 4 is 33.7 Å². The molecule has 34 heavy (non-hydrogen) atoms. The van der Waals surface area contributed by atoms with Gasteiger partial charge in [0.1, 0.15) is 5.69 Å². The highest BCUT2D eigenvalue weighted by molar-refractivity contribution is 6.01. The third kappa shape index (κ3) is 3.10. The van der Waals surface area contributed by atoms with Crippen LogP contribution < -0.4 is 4.57 Å². The summed E-state index contributed by atoms with van der Waals surface area (Å²) in [7, 11) is 0. The van der Waals surface area contributed by atoms with Gasteiger partial charge in [0.05, 0.1) is 11.6 Å². The molecule has 0 N–H and O–H groups in total. The predicted molar refractivity (Wildman–Crippen MR) is 147 cm³/mol. The summed E-state index contributed by atoms with van der Waals surface area (Å²) in [6.07, 6.45) is 7.06. The van der Waals surface area contributed by atoms with Gasteiger partial charge < -0.3 is 0 Å². The van der Waals surface area contributed by atoms with Gasteiger partial charge in [-0.15, -0.1) is 0 Å². The maximum atomic E-state index is 2.57. The molecule has 2 heteroatoms. The Morgan fingerprint density at radius 2 is 1.47 bits per heavy atom. The molecule has 0 saturated heterocycles. The van der Waals surface area contributed by atoms with Gasteiger partial charge in [-0.05, 0) is 84.0 Å². The SMILES string of the molecule is CCC1(CC)C=C[n+]2c3cc(C)c(C)cc3n3c(C(C)(C)C)cc4cc(C(C)(C)C)cc1c4c32. The van der Waals surface area contributed by atoms with Crippen molar-refractivity contribution in [2.24, 2.45) is 0 Å². The number of hydrogen-bond acceptors (Lipinski definition) is 0. The van der Waals surface area contributed by atoms with Crippen LogP contribution in [0.15, 0.2) is 36.4 Å². The van der Waals surface area contributed by atoms with Crippen LogP contribution in [0.5, 0.6) is 0 Å². The lowest BCUT2D eigenvalue weighted by Crippen LogP contribution is -2.27. The van der Waals surface area contributed by atoms with Crippen molar-refractivity contribution < 1.29 is 4.57 Å². The number of allylic oxidation sites excluding steroid dienone is 1. The highest BCUT2D eigenvalue weighted by Crippen LogP contribution is 2.44. The molecule has 178 valence electrons. The number of rotatable bonds is 2. The maximum absolute atomic E-state index is 2.57. The molecule has 2 nitrogen and oxygen atoms in total. The molecule has 0 atom stereocenters. The van der Waals surface area contributed by atoms with E-state index in [1.807, 2.05) is 0 Å². The fourth-order valence-corrected chi connectivity index (χ4v) is 5.91. The number of benzene rings is 2. The molecule has 0 saturated carbocycles. The average molecular weight is 454 g/mol. The number of nitrogens with zero attached hydrogens (tertiary/aromatic N) is 2. The van der Waals surface area contributed by atoms with Crippen molar-refractivity contribution in [2.75, 3.05) is 0 Å². The summed E-state index contributed by atoms with van der Waals surface area (Å²) < 4.78 is 5.04. The van der Waals surface area contributed by atoms with E-state index in [2.05, 4.69) is 121 Å². The third-order valence-corrected chi connectivity index (χ3v) is 8.43. The second-order valence-electron chi connectivity index (χ2n) is 12.7. The quantitative estimate of drug-likeness (QED) is 0.270. The standard InChI is InChI=1S/C32H41N2/c1-11-32(12-2)13-14-33-25-15-20(3)21(4)16-26(25)34-27(31(8,9)10)18-22-17-23(30(5,6)7)19-24(32)28(22)29(33)34/h13-19H,11-12H2,1-10H3/q+1. The van der Waals surface area contributed by atoms with Gasteiger partial charge in [0.25, 0.3) is 5.65 Å². The molecule has 4 aromatic rings. The smallest absolute Gasteiger partial charge is 0.195 e. The number of aryl methyl sites for hydroxylation is 2. The first kappa shape index (κ1) is 23.1. The molecule has 0 radical (unpaired) electrons. The monoisotopic (exact) mass is 453 g/mol.